The largest absolute Gasteiger partial charge is 0.457 e. The maximum absolute atomic E-state index is 13.2. The van der Waals surface area contributed by atoms with Crippen molar-refractivity contribution in [3.8, 4) is 22.9 Å². The summed E-state index contributed by atoms with van der Waals surface area (Å²) in [6.45, 7) is 2.13. The molecule has 0 aliphatic carbocycles. The van der Waals surface area contributed by atoms with E-state index >= 15 is 0 Å². The van der Waals surface area contributed by atoms with E-state index < -0.39 is 17.1 Å². The first-order chi connectivity index (χ1) is 15.5. The molecule has 0 aliphatic heterocycles. The number of methoxy groups -OCH3 is 1. The topological polar surface area (TPSA) is 95.3 Å². The van der Waals surface area contributed by atoms with E-state index in [1.807, 2.05) is 43.3 Å². The van der Waals surface area contributed by atoms with Gasteiger partial charge in [-0.1, -0.05) is 30.3 Å². The summed E-state index contributed by atoms with van der Waals surface area (Å²) in [6, 6.07) is 21.0. The molecule has 162 valence electrons. The second-order valence-electron chi connectivity index (χ2n) is 7.16. The molecule has 3 aromatic carbocycles. The Hall–Kier alpha value is -4.17. The summed E-state index contributed by atoms with van der Waals surface area (Å²) in [5.74, 6) is 1.26. The van der Waals surface area contributed by atoms with Crippen LogP contribution in [0.3, 0.4) is 0 Å². The SMILES string of the molecule is COCc1cccc(-n2c(=O)[nH]c(=O)n(-c3ccc(Oc4ccccc4)c(C)c3)c2=O)c1. The van der Waals surface area contributed by atoms with Gasteiger partial charge in [0.15, 0.2) is 0 Å². The summed E-state index contributed by atoms with van der Waals surface area (Å²) in [7, 11) is 1.55. The molecule has 0 amide bonds. The van der Waals surface area contributed by atoms with E-state index in [9.17, 15) is 14.4 Å². The van der Waals surface area contributed by atoms with Gasteiger partial charge in [-0.15, -0.1) is 0 Å². The maximum atomic E-state index is 13.2. The zero-order valence-corrected chi connectivity index (χ0v) is 17.6. The number of H-pyrrole nitrogens is 1. The van der Waals surface area contributed by atoms with Crippen LogP contribution in [0.2, 0.25) is 0 Å². The molecule has 0 saturated heterocycles. The summed E-state index contributed by atoms with van der Waals surface area (Å²) in [5, 5.41) is 0. The average molecular weight is 431 g/mol. The summed E-state index contributed by atoms with van der Waals surface area (Å²) < 4.78 is 12.8. The van der Waals surface area contributed by atoms with Crippen molar-refractivity contribution >= 4 is 0 Å². The van der Waals surface area contributed by atoms with Crippen LogP contribution in [0.1, 0.15) is 11.1 Å². The lowest BCUT2D eigenvalue weighted by Crippen LogP contribution is -2.48. The molecule has 0 fully saturated rings. The Labute approximate surface area is 182 Å². The Bertz CT molecular complexity index is 1430. The van der Waals surface area contributed by atoms with Gasteiger partial charge in [-0.3, -0.25) is 4.98 Å². The number of aryl methyl sites for hydroxylation is 1. The first-order valence-corrected chi connectivity index (χ1v) is 9.88. The maximum Gasteiger partial charge on any atom is 0.345 e. The second-order valence-corrected chi connectivity index (χ2v) is 7.16. The molecule has 1 aromatic heterocycles. The molecule has 0 spiro atoms. The van der Waals surface area contributed by atoms with Gasteiger partial charge in [0.05, 0.1) is 18.0 Å². The number of nitrogens with zero attached hydrogens (tertiary/aromatic N) is 2. The molecule has 0 bridgehead atoms. The van der Waals surface area contributed by atoms with Crippen molar-refractivity contribution in [2.45, 2.75) is 13.5 Å². The fourth-order valence-electron chi connectivity index (χ4n) is 3.39. The normalized spacial score (nSPS) is 10.8. The van der Waals surface area contributed by atoms with Crippen molar-refractivity contribution in [1.29, 1.82) is 0 Å². The monoisotopic (exact) mass is 431 g/mol. The van der Waals surface area contributed by atoms with Crippen molar-refractivity contribution in [2.24, 2.45) is 0 Å². The standard InChI is InChI=1S/C24H21N3O5/c1-16-13-19(11-12-21(16)32-20-9-4-3-5-10-20)27-23(29)25-22(28)26(24(27)30)18-8-6-7-17(14-18)15-31-2/h3-14H,15H2,1-2H3,(H,25,28,29). The lowest BCUT2D eigenvalue weighted by Gasteiger charge is -2.13. The first kappa shape index (κ1) is 21.1. The van der Waals surface area contributed by atoms with E-state index in [0.29, 0.717) is 29.5 Å². The van der Waals surface area contributed by atoms with E-state index in [4.69, 9.17) is 9.47 Å². The van der Waals surface area contributed by atoms with Crippen molar-refractivity contribution in [3.05, 3.63) is 115 Å². The Kier molecular flexibility index (Phi) is 5.87. The molecule has 0 atom stereocenters. The molecule has 1 heterocycles. The number of aromatic amines is 1. The molecule has 0 saturated carbocycles. The van der Waals surface area contributed by atoms with Crippen LogP contribution in [0.25, 0.3) is 11.4 Å². The summed E-state index contributed by atoms with van der Waals surface area (Å²) in [4.78, 5) is 40.5. The number of nitrogens with one attached hydrogen (secondary N) is 1. The zero-order chi connectivity index (χ0) is 22.7. The molecule has 0 unspecified atom stereocenters. The third-order valence-corrected chi connectivity index (χ3v) is 4.87. The van der Waals surface area contributed by atoms with Crippen LogP contribution >= 0.6 is 0 Å². The highest BCUT2D eigenvalue weighted by Gasteiger charge is 2.15. The van der Waals surface area contributed by atoms with Crippen molar-refractivity contribution in [2.75, 3.05) is 7.11 Å². The Balaban J connectivity index is 1.80. The van der Waals surface area contributed by atoms with Crippen molar-refractivity contribution in [1.82, 2.24) is 14.1 Å². The molecule has 32 heavy (non-hydrogen) atoms. The van der Waals surface area contributed by atoms with Crippen LogP contribution in [-0.2, 0) is 11.3 Å². The van der Waals surface area contributed by atoms with Crippen LogP contribution in [-0.4, -0.2) is 21.2 Å². The number of hydrogen-bond acceptors (Lipinski definition) is 5. The minimum absolute atomic E-state index is 0.316. The Morgan fingerprint density at radius 1 is 0.812 bits per heavy atom. The van der Waals surface area contributed by atoms with Crippen LogP contribution in [0.4, 0.5) is 0 Å². The van der Waals surface area contributed by atoms with Crippen molar-refractivity contribution < 1.29 is 9.47 Å². The van der Waals surface area contributed by atoms with Gasteiger partial charge in [0.2, 0.25) is 0 Å². The summed E-state index contributed by atoms with van der Waals surface area (Å²) in [5.41, 5.74) is -0.252. The number of para-hydroxylation sites is 1. The number of rotatable bonds is 6. The van der Waals surface area contributed by atoms with Crippen LogP contribution in [0, 0.1) is 6.92 Å². The Morgan fingerprint density at radius 2 is 1.50 bits per heavy atom. The van der Waals surface area contributed by atoms with Gasteiger partial charge in [0.1, 0.15) is 11.5 Å². The van der Waals surface area contributed by atoms with Gasteiger partial charge in [0, 0.05) is 7.11 Å². The number of ether oxygens (including phenoxy) is 2. The third kappa shape index (κ3) is 4.17. The highest BCUT2D eigenvalue weighted by Crippen LogP contribution is 2.26. The average Bonchev–Trinajstić information content (AvgIpc) is 2.76. The van der Waals surface area contributed by atoms with Gasteiger partial charge < -0.3 is 9.47 Å². The fourth-order valence-corrected chi connectivity index (χ4v) is 3.39. The van der Waals surface area contributed by atoms with E-state index in [-0.39, 0.29) is 0 Å². The predicted molar refractivity (Wildman–Crippen MR) is 120 cm³/mol. The molecule has 8 nitrogen and oxygen atoms in total. The minimum Gasteiger partial charge on any atom is -0.457 e. The third-order valence-electron chi connectivity index (χ3n) is 4.87. The fraction of sp³-hybridized carbons (Fsp3) is 0.125. The second kappa shape index (κ2) is 8.91. The molecule has 4 rings (SSSR count). The van der Waals surface area contributed by atoms with Gasteiger partial charge in [-0.25, -0.2) is 23.5 Å². The molecular formula is C24H21N3O5. The van der Waals surface area contributed by atoms with Crippen molar-refractivity contribution in [3.63, 3.8) is 0 Å². The molecule has 0 aliphatic rings. The van der Waals surface area contributed by atoms with Crippen LogP contribution in [0.15, 0.2) is 87.2 Å². The Morgan fingerprint density at radius 3 is 2.16 bits per heavy atom. The van der Waals surface area contributed by atoms with E-state index in [0.717, 1.165) is 20.3 Å². The molecule has 4 aromatic rings. The van der Waals surface area contributed by atoms with Gasteiger partial charge in [-0.05, 0) is 60.5 Å². The van der Waals surface area contributed by atoms with Crippen LogP contribution < -0.4 is 21.8 Å². The van der Waals surface area contributed by atoms with Gasteiger partial charge in [0.25, 0.3) is 0 Å². The molecule has 8 heteroatoms. The molecule has 1 N–H and O–H groups in total. The zero-order valence-electron chi connectivity index (χ0n) is 17.6. The van der Waals surface area contributed by atoms with Gasteiger partial charge in [-0.2, -0.15) is 0 Å². The smallest absolute Gasteiger partial charge is 0.345 e. The highest BCUT2D eigenvalue weighted by molar-refractivity contribution is 5.45. The number of benzene rings is 3. The number of aromatic nitrogens is 3. The minimum atomic E-state index is -0.819. The van der Waals surface area contributed by atoms with Crippen LogP contribution in [0.5, 0.6) is 11.5 Å². The summed E-state index contributed by atoms with van der Waals surface area (Å²) >= 11 is 0. The molecular weight excluding hydrogens is 410 g/mol. The summed E-state index contributed by atoms with van der Waals surface area (Å²) in [6.07, 6.45) is 0. The predicted octanol–water partition coefficient (Wildman–Crippen LogP) is 2.92. The van der Waals surface area contributed by atoms with E-state index in [1.54, 1.807) is 43.5 Å². The molecule has 0 radical (unpaired) electrons. The lowest BCUT2D eigenvalue weighted by atomic mass is 10.2. The quantitative estimate of drug-likeness (QED) is 0.507. The highest BCUT2D eigenvalue weighted by atomic mass is 16.5. The number of hydrogen-bond donors (Lipinski definition) is 1. The lowest BCUT2D eigenvalue weighted by molar-refractivity contribution is 0.185. The first-order valence-electron chi connectivity index (χ1n) is 9.88. The van der Waals surface area contributed by atoms with Gasteiger partial charge >= 0.3 is 17.1 Å². The van der Waals surface area contributed by atoms with E-state index in [2.05, 4.69) is 4.98 Å². The van der Waals surface area contributed by atoms with E-state index in [1.165, 1.54) is 0 Å².